The third-order valence-corrected chi connectivity index (χ3v) is 4.97. The molecule has 1 aliphatic carbocycles. The van der Waals surface area contributed by atoms with E-state index in [4.69, 9.17) is 15.2 Å². The van der Waals surface area contributed by atoms with Crippen molar-refractivity contribution < 1.29 is 19.1 Å². The summed E-state index contributed by atoms with van der Waals surface area (Å²) in [4.78, 5) is 33.1. The van der Waals surface area contributed by atoms with Crippen molar-refractivity contribution in [1.29, 1.82) is 0 Å². The number of rotatable bonds is 9. The Bertz CT molecular complexity index is 939. The van der Waals surface area contributed by atoms with Crippen molar-refractivity contribution in [2.45, 2.75) is 12.8 Å². The monoisotopic (exact) mass is 411 g/mol. The van der Waals surface area contributed by atoms with Gasteiger partial charge < -0.3 is 25.8 Å². The van der Waals surface area contributed by atoms with Gasteiger partial charge in [-0.25, -0.2) is 9.97 Å². The van der Waals surface area contributed by atoms with Crippen LogP contribution in [0.5, 0.6) is 5.88 Å². The number of anilines is 1. The minimum Gasteiger partial charge on any atom is -0.481 e. The summed E-state index contributed by atoms with van der Waals surface area (Å²) in [6.07, 6.45) is 6.24. The number of methoxy groups -OCH3 is 2. The molecule has 9 heteroatoms. The van der Waals surface area contributed by atoms with Crippen LogP contribution < -0.4 is 21.1 Å². The molecule has 0 bridgehead atoms. The Balaban J connectivity index is 1.60. The molecule has 3 rings (SSSR count). The van der Waals surface area contributed by atoms with E-state index >= 15 is 0 Å². The standard InChI is InChI=1S/C21H25N5O4/c1-29-13-21(6-7-21)12-25-19(27)15-3-4-17(24-11-15)26-20(28)16(10-22)14-5-8-23-18(9-14)30-2/h3-5,8-11H,6-7,12-13,22H2,1-2H3,(H,25,27)(H,24,26,28). The van der Waals surface area contributed by atoms with E-state index in [0.29, 0.717) is 36.0 Å². The van der Waals surface area contributed by atoms with Crippen molar-refractivity contribution >= 4 is 23.2 Å². The summed E-state index contributed by atoms with van der Waals surface area (Å²) in [6, 6.07) is 6.43. The van der Waals surface area contributed by atoms with Gasteiger partial charge in [0.2, 0.25) is 5.88 Å². The van der Waals surface area contributed by atoms with Crippen LogP contribution in [0.4, 0.5) is 5.82 Å². The second kappa shape index (κ2) is 9.36. The summed E-state index contributed by atoms with van der Waals surface area (Å²) in [5.41, 5.74) is 6.92. The van der Waals surface area contributed by atoms with Crippen LogP contribution in [-0.4, -0.2) is 49.2 Å². The predicted octanol–water partition coefficient (Wildman–Crippen LogP) is 1.58. The highest BCUT2D eigenvalue weighted by molar-refractivity contribution is 6.25. The van der Waals surface area contributed by atoms with Crippen molar-refractivity contribution in [3.05, 3.63) is 54.0 Å². The summed E-state index contributed by atoms with van der Waals surface area (Å²) in [5.74, 6) is 0.0152. The van der Waals surface area contributed by atoms with Gasteiger partial charge >= 0.3 is 0 Å². The first-order chi connectivity index (χ1) is 14.5. The molecular formula is C21H25N5O4. The van der Waals surface area contributed by atoms with Gasteiger partial charge in [0.1, 0.15) is 5.82 Å². The molecule has 9 nitrogen and oxygen atoms in total. The van der Waals surface area contributed by atoms with Crippen LogP contribution in [0.1, 0.15) is 28.8 Å². The van der Waals surface area contributed by atoms with E-state index in [-0.39, 0.29) is 16.9 Å². The molecular weight excluding hydrogens is 386 g/mol. The largest absolute Gasteiger partial charge is 0.481 e. The zero-order valence-electron chi connectivity index (χ0n) is 17.0. The Labute approximate surface area is 174 Å². The lowest BCUT2D eigenvalue weighted by Crippen LogP contribution is -2.32. The van der Waals surface area contributed by atoms with Crippen molar-refractivity contribution in [3.8, 4) is 5.88 Å². The summed E-state index contributed by atoms with van der Waals surface area (Å²) < 4.78 is 10.3. The van der Waals surface area contributed by atoms with Gasteiger partial charge in [-0.15, -0.1) is 0 Å². The number of nitrogens with zero attached hydrogens (tertiary/aromatic N) is 2. The average Bonchev–Trinajstić information content (AvgIpc) is 3.53. The summed E-state index contributed by atoms with van der Waals surface area (Å²) in [7, 11) is 3.15. The highest BCUT2D eigenvalue weighted by Gasteiger charge is 2.42. The molecule has 1 fully saturated rings. The fraction of sp³-hybridized carbons (Fsp3) is 0.333. The van der Waals surface area contributed by atoms with Gasteiger partial charge in [0.15, 0.2) is 0 Å². The summed E-state index contributed by atoms with van der Waals surface area (Å²) in [6.45, 7) is 1.20. The predicted molar refractivity (Wildman–Crippen MR) is 112 cm³/mol. The van der Waals surface area contributed by atoms with E-state index in [2.05, 4.69) is 20.6 Å². The Morgan fingerprint density at radius 1 is 1.20 bits per heavy atom. The maximum absolute atomic E-state index is 12.6. The number of amides is 2. The van der Waals surface area contributed by atoms with E-state index in [1.807, 2.05) is 0 Å². The van der Waals surface area contributed by atoms with Crippen LogP contribution in [0.2, 0.25) is 0 Å². The number of nitrogens with two attached hydrogens (primary N) is 1. The molecule has 0 saturated heterocycles. The third kappa shape index (κ3) is 5.12. The smallest absolute Gasteiger partial charge is 0.258 e. The fourth-order valence-corrected chi connectivity index (χ4v) is 3.00. The molecule has 1 aliphatic rings. The minimum absolute atomic E-state index is 0.0619. The maximum atomic E-state index is 12.6. The van der Waals surface area contributed by atoms with Gasteiger partial charge in [0, 0.05) is 43.7 Å². The van der Waals surface area contributed by atoms with Crippen LogP contribution in [0.3, 0.4) is 0 Å². The molecule has 0 atom stereocenters. The van der Waals surface area contributed by atoms with Crippen molar-refractivity contribution in [1.82, 2.24) is 15.3 Å². The van der Waals surface area contributed by atoms with Gasteiger partial charge in [-0.1, -0.05) is 0 Å². The second-order valence-corrected chi connectivity index (χ2v) is 7.17. The molecule has 2 aromatic rings. The molecule has 4 N–H and O–H groups in total. The van der Waals surface area contributed by atoms with Gasteiger partial charge in [-0.05, 0) is 36.6 Å². The SMILES string of the molecule is COCC1(CNC(=O)c2ccc(NC(=O)C(=CN)c3ccnc(OC)c3)nc2)CC1. The maximum Gasteiger partial charge on any atom is 0.258 e. The third-order valence-electron chi connectivity index (χ3n) is 4.97. The molecule has 158 valence electrons. The Morgan fingerprint density at radius 3 is 2.60 bits per heavy atom. The fourth-order valence-electron chi connectivity index (χ4n) is 3.00. The van der Waals surface area contributed by atoms with Crippen LogP contribution in [0.15, 0.2) is 42.9 Å². The van der Waals surface area contributed by atoms with E-state index in [9.17, 15) is 9.59 Å². The molecule has 0 aliphatic heterocycles. The van der Waals surface area contributed by atoms with Crippen molar-refractivity contribution in [2.75, 3.05) is 32.7 Å². The molecule has 0 aromatic carbocycles. The van der Waals surface area contributed by atoms with E-state index < -0.39 is 5.91 Å². The molecule has 2 heterocycles. The number of ether oxygens (including phenoxy) is 2. The highest BCUT2D eigenvalue weighted by atomic mass is 16.5. The zero-order valence-corrected chi connectivity index (χ0v) is 17.0. The summed E-state index contributed by atoms with van der Waals surface area (Å²) in [5, 5.41) is 5.59. The highest BCUT2D eigenvalue weighted by Crippen LogP contribution is 2.45. The van der Waals surface area contributed by atoms with Gasteiger partial charge in [-0.2, -0.15) is 0 Å². The van der Waals surface area contributed by atoms with Crippen LogP contribution >= 0.6 is 0 Å². The topological polar surface area (TPSA) is 128 Å². The van der Waals surface area contributed by atoms with Crippen LogP contribution in [0.25, 0.3) is 5.57 Å². The van der Waals surface area contributed by atoms with E-state index in [1.54, 1.807) is 31.4 Å². The Morgan fingerprint density at radius 2 is 2.00 bits per heavy atom. The lowest BCUT2D eigenvalue weighted by atomic mass is 10.1. The molecule has 0 radical (unpaired) electrons. The van der Waals surface area contributed by atoms with Crippen molar-refractivity contribution in [2.24, 2.45) is 11.1 Å². The zero-order chi connectivity index (χ0) is 21.6. The Kier molecular flexibility index (Phi) is 6.63. The molecule has 0 unspecified atom stereocenters. The second-order valence-electron chi connectivity index (χ2n) is 7.17. The lowest BCUT2D eigenvalue weighted by molar-refractivity contribution is -0.111. The number of hydrogen-bond acceptors (Lipinski definition) is 7. The first kappa shape index (κ1) is 21.3. The van der Waals surface area contributed by atoms with Crippen LogP contribution in [0, 0.1) is 5.41 Å². The number of carbonyl (C=O) groups excluding carboxylic acids is 2. The van der Waals surface area contributed by atoms with Crippen LogP contribution in [-0.2, 0) is 9.53 Å². The van der Waals surface area contributed by atoms with E-state index in [0.717, 1.165) is 12.8 Å². The van der Waals surface area contributed by atoms with Gasteiger partial charge in [0.05, 0.1) is 24.9 Å². The summed E-state index contributed by atoms with van der Waals surface area (Å²) >= 11 is 0. The average molecular weight is 411 g/mol. The molecule has 2 aromatic heterocycles. The van der Waals surface area contributed by atoms with E-state index in [1.165, 1.54) is 25.7 Å². The minimum atomic E-state index is -0.439. The quantitative estimate of drug-likeness (QED) is 0.534. The molecule has 0 spiro atoms. The number of nitrogens with one attached hydrogen (secondary N) is 2. The number of pyridine rings is 2. The number of hydrogen-bond donors (Lipinski definition) is 3. The van der Waals surface area contributed by atoms with Gasteiger partial charge in [-0.3, -0.25) is 9.59 Å². The molecule has 30 heavy (non-hydrogen) atoms. The molecule has 2 amide bonds. The number of aromatic nitrogens is 2. The first-order valence-electron chi connectivity index (χ1n) is 9.47. The van der Waals surface area contributed by atoms with Crippen molar-refractivity contribution in [3.63, 3.8) is 0 Å². The van der Waals surface area contributed by atoms with Gasteiger partial charge in [0.25, 0.3) is 11.8 Å². The normalized spacial score (nSPS) is 14.7. The number of carbonyl (C=O) groups is 2. The molecule has 1 saturated carbocycles. The Hall–Kier alpha value is -3.46. The lowest BCUT2D eigenvalue weighted by Gasteiger charge is -2.14. The first-order valence-corrected chi connectivity index (χ1v) is 9.47.